The van der Waals surface area contributed by atoms with Crippen molar-refractivity contribution in [3.05, 3.63) is 83.3 Å². The highest BCUT2D eigenvalue weighted by Gasteiger charge is 2.14. The Hall–Kier alpha value is -3.78. The molecule has 2 amide bonds. The Kier molecular flexibility index (Phi) is 6.49. The van der Waals surface area contributed by atoms with Crippen LogP contribution in [0.2, 0.25) is 0 Å². The van der Waals surface area contributed by atoms with E-state index in [1.165, 1.54) is 35.3 Å². The van der Waals surface area contributed by atoms with Gasteiger partial charge < -0.3 is 9.88 Å². The lowest BCUT2D eigenvalue weighted by atomic mass is 9.90. The Balaban J connectivity index is 1.21. The largest absolute Gasteiger partial charge is 0.337 e. The summed E-state index contributed by atoms with van der Waals surface area (Å²) in [6.45, 7) is 0.544. The van der Waals surface area contributed by atoms with Crippen LogP contribution in [-0.4, -0.2) is 26.3 Å². The molecule has 8 heteroatoms. The maximum absolute atomic E-state index is 12.8. The maximum atomic E-state index is 12.8. The van der Waals surface area contributed by atoms with Crippen LogP contribution in [0, 0.1) is 0 Å². The molecule has 4 aromatic rings. The second-order valence-electron chi connectivity index (χ2n) is 8.36. The van der Waals surface area contributed by atoms with Gasteiger partial charge in [0.05, 0.1) is 12.0 Å². The fraction of sp³-hybridized carbons (Fsp3) is 0.231. The normalized spacial score (nSPS) is 12.7. The van der Waals surface area contributed by atoms with Crippen LogP contribution in [0.1, 0.15) is 40.7 Å². The molecule has 2 aromatic heterocycles. The molecule has 0 aliphatic heterocycles. The number of benzene rings is 2. The Morgan fingerprint density at radius 1 is 1.03 bits per heavy atom. The second kappa shape index (κ2) is 10.0. The van der Waals surface area contributed by atoms with Gasteiger partial charge in [-0.2, -0.15) is 0 Å². The van der Waals surface area contributed by atoms with Crippen molar-refractivity contribution in [3.63, 3.8) is 0 Å². The fourth-order valence-corrected chi connectivity index (χ4v) is 4.85. The van der Waals surface area contributed by atoms with Crippen LogP contribution in [0.15, 0.2) is 66.6 Å². The Morgan fingerprint density at radius 2 is 1.91 bits per heavy atom. The number of rotatable bonds is 7. The van der Waals surface area contributed by atoms with Gasteiger partial charge in [-0.1, -0.05) is 18.2 Å². The first-order chi connectivity index (χ1) is 16.6. The van der Waals surface area contributed by atoms with Crippen LogP contribution in [0.4, 0.5) is 10.8 Å². The van der Waals surface area contributed by atoms with Gasteiger partial charge >= 0.3 is 0 Å². The molecule has 7 nitrogen and oxygen atoms in total. The van der Waals surface area contributed by atoms with Crippen molar-refractivity contribution in [2.24, 2.45) is 0 Å². The number of carbonyl (C=O) groups is 2. The van der Waals surface area contributed by atoms with E-state index in [0.717, 1.165) is 24.1 Å². The molecule has 1 aliphatic carbocycles. The molecule has 2 N–H and O–H groups in total. The molecule has 0 fully saturated rings. The van der Waals surface area contributed by atoms with E-state index in [9.17, 15) is 9.59 Å². The number of hydrogen-bond donors (Lipinski definition) is 2. The van der Waals surface area contributed by atoms with Crippen LogP contribution >= 0.6 is 11.3 Å². The number of hydrogen-bond acceptors (Lipinski definition) is 5. The first-order valence-electron chi connectivity index (χ1n) is 11.4. The summed E-state index contributed by atoms with van der Waals surface area (Å²) >= 11 is 1.40. The molecule has 0 spiro atoms. The van der Waals surface area contributed by atoms with Gasteiger partial charge in [-0.15, -0.1) is 11.3 Å². The van der Waals surface area contributed by atoms with Crippen LogP contribution in [0.3, 0.4) is 0 Å². The zero-order valence-electron chi connectivity index (χ0n) is 18.7. The first kappa shape index (κ1) is 22.0. The molecule has 2 heterocycles. The lowest BCUT2D eigenvalue weighted by Gasteiger charge is -2.16. The first-order valence-corrected chi connectivity index (χ1v) is 12.3. The summed E-state index contributed by atoms with van der Waals surface area (Å²) in [6.07, 6.45) is 10.2. The third kappa shape index (κ3) is 5.23. The number of nitrogens with zero attached hydrogens (tertiary/aromatic N) is 3. The third-order valence-electron chi connectivity index (χ3n) is 5.93. The average molecular weight is 472 g/mol. The fourth-order valence-electron chi connectivity index (χ4n) is 4.14. The molecular formula is C26H25N5O2S. The highest BCUT2D eigenvalue weighted by Crippen LogP contribution is 2.30. The summed E-state index contributed by atoms with van der Waals surface area (Å²) in [7, 11) is 0. The van der Waals surface area contributed by atoms with E-state index in [2.05, 4.69) is 38.8 Å². The van der Waals surface area contributed by atoms with Gasteiger partial charge in [-0.3, -0.25) is 14.9 Å². The lowest BCUT2D eigenvalue weighted by Crippen LogP contribution is -2.15. The molecule has 5 rings (SSSR count). The van der Waals surface area contributed by atoms with Gasteiger partial charge in [0.1, 0.15) is 0 Å². The predicted octanol–water partition coefficient (Wildman–Crippen LogP) is 5.17. The minimum atomic E-state index is -0.263. The quantitative estimate of drug-likeness (QED) is 0.389. The summed E-state index contributed by atoms with van der Waals surface area (Å²) in [5.74, 6) is -0.387. The topological polar surface area (TPSA) is 88.9 Å². The molecule has 0 atom stereocenters. The molecule has 0 radical (unpaired) electrons. The van der Waals surface area contributed by atoms with Gasteiger partial charge in [-0.25, -0.2) is 9.97 Å². The Labute approximate surface area is 201 Å². The highest BCUT2D eigenvalue weighted by atomic mass is 32.1. The van der Waals surface area contributed by atoms with E-state index in [4.69, 9.17) is 0 Å². The highest BCUT2D eigenvalue weighted by molar-refractivity contribution is 7.14. The van der Waals surface area contributed by atoms with E-state index in [0.29, 0.717) is 29.3 Å². The summed E-state index contributed by atoms with van der Waals surface area (Å²) in [4.78, 5) is 33.6. The number of nitrogens with one attached hydrogen (secondary N) is 2. The number of aryl methyl sites for hydroxylation is 3. The van der Waals surface area contributed by atoms with E-state index < -0.39 is 0 Å². The Morgan fingerprint density at radius 3 is 2.76 bits per heavy atom. The van der Waals surface area contributed by atoms with Gasteiger partial charge in [0, 0.05) is 47.6 Å². The van der Waals surface area contributed by atoms with E-state index in [1.54, 1.807) is 36.8 Å². The number of carbonyl (C=O) groups excluding carboxylic acids is 2. The van der Waals surface area contributed by atoms with Crippen molar-refractivity contribution in [1.29, 1.82) is 0 Å². The summed E-state index contributed by atoms with van der Waals surface area (Å²) in [5.41, 5.74) is 5.83. The van der Waals surface area contributed by atoms with Crippen molar-refractivity contribution in [1.82, 2.24) is 14.5 Å². The zero-order chi connectivity index (χ0) is 23.3. The summed E-state index contributed by atoms with van der Waals surface area (Å²) in [5, 5.41) is 8.25. The molecule has 172 valence electrons. The summed E-state index contributed by atoms with van der Waals surface area (Å²) in [6, 6.07) is 13.5. The second-order valence-corrected chi connectivity index (χ2v) is 9.22. The molecule has 2 aromatic carbocycles. The number of imidazole rings is 1. The molecular weight excluding hydrogens is 446 g/mol. The van der Waals surface area contributed by atoms with Gasteiger partial charge in [0.2, 0.25) is 5.91 Å². The Bertz CT molecular complexity index is 1310. The van der Waals surface area contributed by atoms with Gasteiger partial charge in [-0.05, 0) is 61.1 Å². The minimum Gasteiger partial charge on any atom is -0.337 e. The van der Waals surface area contributed by atoms with Gasteiger partial charge in [0.15, 0.2) is 5.13 Å². The van der Waals surface area contributed by atoms with Crippen molar-refractivity contribution in [2.75, 3.05) is 10.6 Å². The summed E-state index contributed by atoms with van der Waals surface area (Å²) < 4.78 is 1.84. The van der Waals surface area contributed by atoms with Crippen molar-refractivity contribution in [3.8, 4) is 11.3 Å². The van der Waals surface area contributed by atoms with Crippen molar-refractivity contribution < 1.29 is 9.59 Å². The average Bonchev–Trinajstić information content (AvgIpc) is 3.55. The molecule has 0 bridgehead atoms. The van der Waals surface area contributed by atoms with Crippen LogP contribution in [-0.2, 0) is 24.2 Å². The SMILES string of the molecule is O=C(CCn1ccnc1)Nc1cccc(C(=O)Nc2nc(-c3ccc4c(c3)CCCC4)cs2)c1. The number of aromatic nitrogens is 3. The number of fused-ring (bicyclic) bond motifs is 1. The zero-order valence-corrected chi connectivity index (χ0v) is 19.5. The third-order valence-corrected chi connectivity index (χ3v) is 6.69. The van der Waals surface area contributed by atoms with E-state index >= 15 is 0 Å². The number of amides is 2. The van der Waals surface area contributed by atoms with E-state index in [-0.39, 0.29) is 11.8 Å². The molecule has 0 saturated carbocycles. The standard InChI is InChI=1S/C26H25N5O2S/c32-24(10-12-31-13-11-27-17-31)28-22-7-3-6-21(15-22)25(33)30-26-29-23(16-34-26)20-9-8-18-4-1-2-5-19(18)14-20/h3,6-9,11,13-17H,1-2,4-5,10,12H2,(H,28,32)(H,29,30,33). The van der Waals surface area contributed by atoms with Crippen LogP contribution < -0.4 is 10.6 Å². The molecule has 0 saturated heterocycles. The maximum Gasteiger partial charge on any atom is 0.257 e. The van der Waals surface area contributed by atoms with Crippen molar-refractivity contribution in [2.45, 2.75) is 38.6 Å². The van der Waals surface area contributed by atoms with Gasteiger partial charge in [0.25, 0.3) is 5.91 Å². The van der Waals surface area contributed by atoms with Crippen molar-refractivity contribution >= 4 is 34.0 Å². The monoisotopic (exact) mass is 471 g/mol. The van der Waals surface area contributed by atoms with Crippen LogP contribution in [0.5, 0.6) is 0 Å². The number of anilines is 2. The van der Waals surface area contributed by atoms with E-state index in [1.807, 2.05) is 16.1 Å². The smallest absolute Gasteiger partial charge is 0.257 e. The number of thiazole rings is 1. The lowest BCUT2D eigenvalue weighted by molar-refractivity contribution is -0.116. The molecule has 0 unspecified atom stereocenters. The minimum absolute atomic E-state index is 0.124. The van der Waals surface area contributed by atoms with Crippen LogP contribution in [0.25, 0.3) is 11.3 Å². The molecule has 1 aliphatic rings. The predicted molar refractivity (Wildman–Crippen MR) is 134 cm³/mol. The molecule has 34 heavy (non-hydrogen) atoms.